The molecule has 0 aliphatic carbocycles. The Morgan fingerprint density at radius 2 is 2.05 bits per heavy atom. The number of rotatable bonds is 6. The first-order valence-electron chi connectivity index (χ1n) is 6.56. The standard InChI is InChI=1S/C12H21N5O3/c1-6-16(7-2)12(18)8(3)13-10-11(17(19)20)14-9(4)15(10)5/h8,13H,6-7H2,1-5H3. The van der Waals surface area contributed by atoms with Gasteiger partial charge in [0.2, 0.25) is 17.5 Å². The third-order valence-corrected chi connectivity index (χ3v) is 3.27. The van der Waals surface area contributed by atoms with Crippen LogP contribution >= 0.6 is 0 Å². The van der Waals surface area contributed by atoms with Crippen molar-refractivity contribution in [3.8, 4) is 0 Å². The summed E-state index contributed by atoms with van der Waals surface area (Å²) >= 11 is 0. The van der Waals surface area contributed by atoms with Crippen molar-refractivity contribution in [2.24, 2.45) is 7.05 Å². The van der Waals surface area contributed by atoms with Crippen molar-refractivity contribution < 1.29 is 9.72 Å². The maximum absolute atomic E-state index is 12.2. The van der Waals surface area contributed by atoms with Crippen molar-refractivity contribution >= 4 is 17.5 Å². The van der Waals surface area contributed by atoms with Crippen LogP contribution in [0, 0.1) is 17.0 Å². The highest BCUT2D eigenvalue weighted by Gasteiger charge is 2.27. The maximum atomic E-state index is 12.2. The van der Waals surface area contributed by atoms with Crippen molar-refractivity contribution in [3.63, 3.8) is 0 Å². The second kappa shape index (κ2) is 6.36. The van der Waals surface area contributed by atoms with Crippen LogP contribution in [0.2, 0.25) is 0 Å². The van der Waals surface area contributed by atoms with E-state index < -0.39 is 11.0 Å². The molecule has 0 fully saturated rings. The van der Waals surface area contributed by atoms with Gasteiger partial charge in [-0.1, -0.05) is 0 Å². The average Bonchev–Trinajstić information content (AvgIpc) is 2.68. The van der Waals surface area contributed by atoms with E-state index in [4.69, 9.17) is 0 Å². The van der Waals surface area contributed by atoms with Crippen molar-refractivity contribution in [2.45, 2.75) is 33.7 Å². The zero-order chi connectivity index (χ0) is 15.4. The topological polar surface area (TPSA) is 93.3 Å². The minimum atomic E-state index is -0.552. The van der Waals surface area contributed by atoms with Gasteiger partial charge in [0.15, 0.2) is 0 Å². The number of aryl methyl sites for hydroxylation is 1. The largest absolute Gasteiger partial charge is 0.406 e. The van der Waals surface area contributed by atoms with Gasteiger partial charge in [-0.2, -0.15) is 0 Å². The summed E-state index contributed by atoms with van der Waals surface area (Å²) in [6.07, 6.45) is 0. The van der Waals surface area contributed by atoms with Gasteiger partial charge in [0.25, 0.3) is 0 Å². The van der Waals surface area contributed by atoms with E-state index in [9.17, 15) is 14.9 Å². The molecule has 1 aromatic heterocycles. The summed E-state index contributed by atoms with van der Waals surface area (Å²) in [5, 5.41) is 13.9. The van der Waals surface area contributed by atoms with Gasteiger partial charge in [0.05, 0.1) is 0 Å². The number of hydrogen-bond donors (Lipinski definition) is 1. The Kier molecular flexibility index (Phi) is 5.06. The predicted molar refractivity (Wildman–Crippen MR) is 75.6 cm³/mol. The summed E-state index contributed by atoms with van der Waals surface area (Å²) in [5.74, 6) is 0.412. The fourth-order valence-electron chi connectivity index (χ4n) is 1.96. The van der Waals surface area contributed by atoms with Crippen LogP contribution in [-0.2, 0) is 11.8 Å². The number of nitrogens with one attached hydrogen (secondary N) is 1. The third-order valence-electron chi connectivity index (χ3n) is 3.27. The molecule has 0 radical (unpaired) electrons. The lowest BCUT2D eigenvalue weighted by atomic mass is 10.2. The zero-order valence-electron chi connectivity index (χ0n) is 12.5. The highest BCUT2D eigenvalue weighted by Crippen LogP contribution is 2.24. The number of carbonyl (C=O) groups excluding carboxylic acids is 1. The van der Waals surface area contributed by atoms with Crippen molar-refractivity contribution in [3.05, 3.63) is 15.9 Å². The number of amides is 1. The van der Waals surface area contributed by atoms with Crippen LogP contribution in [0.3, 0.4) is 0 Å². The fraction of sp³-hybridized carbons (Fsp3) is 0.667. The molecule has 1 rings (SSSR count). The number of carbonyl (C=O) groups is 1. The van der Waals surface area contributed by atoms with Crippen LogP contribution in [0.15, 0.2) is 0 Å². The summed E-state index contributed by atoms with van der Waals surface area (Å²) < 4.78 is 1.57. The molecular weight excluding hydrogens is 262 g/mol. The van der Waals surface area contributed by atoms with Crippen molar-refractivity contribution in [1.29, 1.82) is 0 Å². The van der Waals surface area contributed by atoms with Crippen LogP contribution in [0.5, 0.6) is 0 Å². The van der Waals surface area contributed by atoms with E-state index in [2.05, 4.69) is 10.3 Å². The smallest absolute Gasteiger partial charge is 0.358 e. The third kappa shape index (κ3) is 3.06. The van der Waals surface area contributed by atoms with Gasteiger partial charge in [-0.05, 0) is 30.7 Å². The Hall–Kier alpha value is -2.12. The van der Waals surface area contributed by atoms with Gasteiger partial charge >= 0.3 is 5.82 Å². The molecule has 0 aromatic carbocycles. The lowest BCUT2D eigenvalue weighted by molar-refractivity contribution is -0.388. The number of likely N-dealkylation sites (N-methyl/N-ethyl adjacent to an activating group) is 1. The average molecular weight is 283 g/mol. The summed E-state index contributed by atoms with van der Waals surface area (Å²) in [4.78, 5) is 28.2. The predicted octanol–water partition coefficient (Wildman–Crippen LogP) is 1.31. The molecule has 0 spiro atoms. The number of hydrogen-bond acceptors (Lipinski definition) is 5. The molecule has 0 saturated heterocycles. The molecule has 0 aliphatic heterocycles. The van der Waals surface area contributed by atoms with E-state index in [0.717, 1.165) is 0 Å². The van der Waals surface area contributed by atoms with Gasteiger partial charge in [0.1, 0.15) is 6.04 Å². The molecule has 1 aromatic rings. The number of imidazole rings is 1. The lowest BCUT2D eigenvalue weighted by Gasteiger charge is -2.23. The van der Waals surface area contributed by atoms with E-state index in [-0.39, 0.29) is 17.5 Å². The minimum Gasteiger partial charge on any atom is -0.358 e. The van der Waals surface area contributed by atoms with Crippen LogP contribution < -0.4 is 5.32 Å². The first kappa shape index (κ1) is 15.9. The molecular formula is C12H21N5O3. The fourth-order valence-corrected chi connectivity index (χ4v) is 1.96. The van der Waals surface area contributed by atoms with Crippen molar-refractivity contribution in [1.82, 2.24) is 14.5 Å². The molecule has 1 N–H and O–H groups in total. The summed E-state index contributed by atoms with van der Waals surface area (Å²) in [6.45, 7) is 8.36. The van der Waals surface area contributed by atoms with Crippen LogP contribution in [0.1, 0.15) is 26.6 Å². The summed E-state index contributed by atoms with van der Waals surface area (Å²) in [6, 6.07) is -0.552. The highest BCUT2D eigenvalue weighted by atomic mass is 16.6. The quantitative estimate of drug-likeness (QED) is 0.627. The summed E-state index contributed by atoms with van der Waals surface area (Å²) in [7, 11) is 1.67. The molecule has 0 bridgehead atoms. The van der Waals surface area contributed by atoms with Gasteiger partial charge in [-0.15, -0.1) is 0 Å². The number of nitrogens with zero attached hydrogens (tertiary/aromatic N) is 4. The number of anilines is 1. The second-order valence-corrected chi connectivity index (χ2v) is 4.52. The lowest BCUT2D eigenvalue weighted by Crippen LogP contribution is -2.41. The molecule has 112 valence electrons. The minimum absolute atomic E-state index is 0.0943. The Balaban J connectivity index is 2.98. The Labute approximate surface area is 117 Å². The number of nitro groups is 1. The highest BCUT2D eigenvalue weighted by molar-refractivity contribution is 5.84. The SMILES string of the molecule is CCN(CC)C(=O)C(C)Nc1c([N+](=O)[O-])nc(C)n1C. The molecule has 20 heavy (non-hydrogen) atoms. The van der Waals surface area contributed by atoms with Gasteiger partial charge in [-0.3, -0.25) is 9.36 Å². The Morgan fingerprint density at radius 3 is 2.50 bits per heavy atom. The summed E-state index contributed by atoms with van der Waals surface area (Å²) in [5.41, 5.74) is 0. The molecule has 1 unspecified atom stereocenters. The Morgan fingerprint density at radius 1 is 1.50 bits per heavy atom. The maximum Gasteiger partial charge on any atom is 0.406 e. The van der Waals surface area contributed by atoms with Gasteiger partial charge < -0.3 is 20.3 Å². The first-order chi connectivity index (χ1) is 9.33. The molecule has 1 atom stereocenters. The normalized spacial score (nSPS) is 12.1. The molecule has 0 aliphatic rings. The van der Waals surface area contributed by atoms with E-state index in [0.29, 0.717) is 18.9 Å². The molecule has 1 heterocycles. The van der Waals surface area contributed by atoms with Gasteiger partial charge in [-0.25, -0.2) is 0 Å². The van der Waals surface area contributed by atoms with E-state index in [1.807, 2.05) is 13.8 Å². The Bertz CT molecular complexity index is 507. The monoisotopic (exact) mass is 283 g/mol. The molecule has 1 amide bonds. The second-order valence-electron chi connectivity index (χ2n) is 4.52. The van der Waals surface area contributed by atoms with Crippen LogP contribution in [0.4, 0.5) is 11.6 Å². The molecule has 0 saturated carbocycles. The van der Waals surface area contributed by atoms with Crippen LogP contribution in [0.25, 0.3) is 0 Å². The number of aromatic nitrogens is 2. The van der Waals surface area contributed by atoms with Crippen LogP contribution in [-0.4, -0.2) is 44.4 Å². The van der Waals surface area contributed by atoms with Crippen molar-refractivity contribution in [2.75, 3.05) is 18.4 Å². The van der Waals surface area contributed by atoms with Gasteiger partial charge in [0, 0.05) is 27.1 Å². The first-order valence-corrected chi connectivity index (χ1v) is 6.56. The van der Waals surface area contributed by atoms with E-state index in [1.165, 1.54) is 0 Å². The van der Waals surface area contributed by atoms with E-state index >= 15 is 0 Å². The molecule has 8 heteroatoms. The van der Waals surface area contributed by atoms with E-state index in [1.54, 1.807) is 30.4 Å². The molecule has 8 nitrogen and oxygen atoms in total. The zero-order valence-corrected chi connectivity index (χ0v) is 12.5.